The summed E-state index contributed by atoms with van der Waals surface area (Å²) in [7, 11) is -1.78. The minimum atomic E-state index is -1.78. The number of hydrogen-bond donors (Lipinski definition) is 0. The minimum absolute atomic E-state index is 0.122. The van der Waals surface area contributed by atoms with Crippen LogP contribution >= 0.6 is 22.6 Å². The van der Waals surface area contributed by atoms with E-state index in [2.05, 4.69) is 89.4 Å². The normalized spacial score (nSPS) is 40.4. The zero-order chi connectivity index (χ0) is 25.5. The fourth-order valence-electron chi connectivity index (χ4n) is 7.63. The van der Waals surface area contributed by atoms with Crippen LogP contribution in [0.1, 0.15) is 86.5 Å². The molecular weight excluding hydrogens is 563 g/mol. The molecule has 35 heavy (non-hydrogen) atoms. The van der Waals surface area contributed by atoms with Crippen LogP contribution in [-0.2, 0) is 13.9 Å². The fraction of sp³-hybridized carbons (Fsp3) is 0.867. The third kappa shape index (κ3) is 4.30. The summed E-state index contributed by atoms with van der Waals surface area (Å²) in [4.78, 5) is 0. The number of halogens is 1. The van der Waals surface area contributed by atoms with E-state index in [1.807, 2.05) is 0 Å². The average molecular weight is 613 g/mol. The van der Waals surface area contributed by atoms with Gasteiger partial charge in [0.1, 0.15) is 0 Å². The Morgan fingerprint density at radius 2 is 1.74 bits per heavy atom. The highest BCUT2D eigenvalue weighted by atomic mass is 127. The van der Waals surface area contributed by atoms with Gasteiger partial charge in [0.05, 0.1) is 19.3 Å². The van der Waals surface area contributed by atoms with Gasteiger partial charge in [-0.3, -0.25) is 0 Å². The minimum Gasteiger partial charge on any atom is -0.413 e. The van der Waals surface area contributed by atoms with Crippen molar-refractivity contribution in [1.29, 1.82) is 0 Å². The maximum atomic E-state index is 7.13. The van der Waals surface area contributed by atoms with Crippen molar-refractivity contribution in [2.45, 2.75) is 117 Å². The first-order chi connectivity index (χ1) is 16.2. The van der Waals surface area contributed by atoms with Gasteiger partial charge < -0.3 is 13.9 Å². The Morgan fingerprint density at radius 3 is 2.37 bits per heavy atom. The molecule has 0 bridgehead atoms. The van der Waals surface area contributed by atoms with Crippen molar-refractivity contribution in [3.8, 4) is 0 Å². The average Bonchev–Trinajstić information content (AvgIpc) is 3.11. The molecule has 5 rings (SSSR count). The molecule has 5 aliphatic rings. The van der Waals surface area contributed by atoms with Crippen molar-refractivity contribution < 1.29 is 13.9 Å². The maximum absolute atomic E-state index is 7.13. The second kappa shape index (κ2) is 8.66. The van der Waals surface area contributed by atoms with Crippen molar-refractivity contribution >= 4 is 30.9 Å². The van der Waals surface area contributed by atoms with Crippen LogP contribution in [0.15, 0.2) is 23.3 Å². The van der Waals surface area contributed by atoms with Crippen LogP contribution < -0.4 is 0 Å². The van der Waals surface area contributed by atoms with Gasteiger partial charge in [-0.1, -0.05) is 87.4 Å². The van der Waals surface area contributed by atoms with Crippen LogP contribution in [0.3, 0.4) is 0 Å². The zero-order valence-electron chi connectivity index (χ0n) is 23.6. The van der Waals surface area contributed by atoms with Gasteiger partial charge in [0.25, 0.3) is 0 Å². The first-order valence-corrected chi connectivity index (χ1v) is 18.5. The van der Waals surface area contributed by atoms with Crippen molar-refractivity contribution in [2.24, 2.45) is 28.1 Å². The van der Waals surface area contributed by atoms with E-state index in [0.29, 0.717) is 12.0 Å². The first-order valence-electron chi connectivity index (χ1n) is 14.1. The molecule has 0 aromatic rings. The quantitative estimate of drug-likeness (QED) is 0.139. The maximum Gasteiger partial charge on any atom is 0.192 e. The van der Waals surface area contributed by atoms with E-state index in [0.717, 1.165) is 38.4 Å². The third-order valence-corrected chi connectivity index (χ3v) is 16.9. The largest absolute Gasteiger partial charge is 0.413 e. The molecule has 3 nitrogen and oxygen atoms in total. The lowest BCUT2D eigenvalue weighted by Gasteiger charge is -2.57. The summed E-state index contributed by atoms with van der Waals surface area (Å²) in [5, 5.41) is 0.265. The van der Waals surface area contributed by atoms with E-state index in [-0.39, 0.29) is 27.1 Å². The van der Waals surface area contributed by atoms with Gasteiger partial charge in [0.2, 0.25) is 0 Å². The SMILES string of the molecule is CC1(C)COC2(CC[C@@]3(CI)C(=CC[C@@H]4C3=CC[C@]3(C)[C@@H](O[Si](C)(C)C(C)(C)C)CC[C@@H]43)C2)OC1. The van der Waals surface area contributed by atoms with Crippen LogP contribution in [0.2, 0.25) is 18.1 Å². The van der Waals surface area contributed by atoms with Crippen molar-refractivity contribution in [2.75, 3.05) is 17.6 Å². The second-order valence-corrected chi connectivity index (χ2v) is 20.6. The van der Waals surface area contributed by atoms with Crippen molar-refractivity contribution in [1.82, 2.24) is 0 Å². The molecule has 2 saturated carbocycles. The highest BCUT2D eigenvalue weighted by Crippen LogP contribution is 2.65. The van der Waals surface area contributed by atoms with Crippen molar-refractivity contribution in [3.63, 3.8) is 0 Å². The number of fused-ring (bicyclic) bond motifs is 5. The molecule has 0 radical (unpaired) electrons. The molecule has 3 fully saturated rings. The predicted octanol–water partition coefficient (Wildman–Crippen LogP) is 8.44. The molecule has 198 valence electrons. The summed E-state index contributed by atoms with van der Waals surface area (Å²) in [5.41, 5.74) is 3.99. The van der Waals surface area contributed by atoms with Gasteiger partial charge in [-0.05, 0) is 67.5 Å². The summed E-state index contributed by atoms with van der Waals surface area (Å²) < 4.78 is 21.2. The Labute approximate surface area is 229 Å². The third-order valence-electron chi connectivity index (χ3n) is 11.1. The first kappa shape index (κ1) is 26.9. The summed E-state index contributed by atoms with van der Waals surface area (Å²) in [5.74, 6) is 1.04. The molecule has 0 unspecified atom stereocenters. The highest BCUT2D eigenvalue weighted by molar-refractivity contribution is 14.1. The zero-order valence-corrected chi connectivity index (χ0v) is 26.7. The van der Waals surface area contributed by atoms with Crippen molar-refractivity contribution in [3.05, 3.63) is 23.3 Å². The molecule has 5 heteroatoms. The Hall–Kier alpha value is 0.307. The van der Waals surface area contributed by atoms with Crippen LogP contribution in [0.5, 0.6) is 0 Å². The van der Waals surface area contributed by atoms with Gasteiger partial charge in [-0.25, -0.2) is 0 Å². The molecule has 1 saturated heterocycles. The van der Waals surface area contributed by atoms with E-state index in [9.17, 15) is 0 Å². The van der Waals surface area contributed by atoms with Gasteiger partial charge in [-0.2, -0.15) is 0 Å². The molecule has 1 spiro atoms. The van der Waals surface area contributed by atoms with E-state index in [4.69, 9.17) is 13.9 Å². The van der Waals surface area contributed by atoms with Crippen LogP contribution in [0, 0.1) is 28.1 Å². The summed E-state index contributed by atoms with van der Waals surface area (Å²) in [6.07, 6.45) is 13.8. The standard InChI is InChI=1S/C30H49IO3Si/c1-26(2,3)35(7,8)34-25-12-11-23-22-10-9-21-17-30(32-19-27(4,5)20-33-30)16-15-29(21,18-31)24(22)13-14-28(23,25)6/h9,13,22-23,25H,10-12,14-20H2,1-8H3/t22-,23-,25-,28-,29+/m0/s1. The Morgan fingerprint density at radius 1 is 1.06 bits per heavy atom. The molecule has 0 amide bonds. The molecule has 0 aromatic carbocycles. The molecular formula is C30H49IO3Si. The number of alkyl halides is 1. The van der Waals surface area contributed by atoms with E-state index < -0.39 is 8.32 Å². The number of hydrogen-bond acceptors (Lipinski definition) is 3. The predicted molar refractivity (Wildman–Crippen MR) is 155 cm³/mol. The molecule has 1 heterocycles. The lowest BCUT2D eigenvalue weighted by atomic mass is 9.52. The monoisotopic (exact) mass is 612 g/mol. The summed E-state index contributed by atoms with van der Waals surface area (Å²) >= 11 is 2.68. The van der Waals surface area contributed by atoms with Crippen LogP contribution in [0.25, 0.3) is 0 Å². The molecule has 1 aliphatic heterocycles. The van der Waals surface area contributed by atoms with Crippen LogP contribution in [0.4, 0.5) is 0 Å². The van der Waals surface area contributed by atoms with E-state index >= 15 is 0 Å². The van der Waals surface area contributed by atoms with E-state index in [1.54, 1.807) is 11.1 Å². The van der Waals surface area contributed by atoms with Gasteiger partial charge in [-0.15, -0.1) is 0 Å². The Kier molecular flexibility index (Phi) is 6.65. The molecule has 5 atom stereocenters. The van der Waals surface area contributed by atoms with Crippen LogP contribution in [-0.4, -0.2) is 37.8 Å². The molecule has 4 aliphatic carbocycles. The summed E-state index contributed by atoms with van der Waals surface area (Å²) in [6, 6.07) is 0. The van der Waals surface area contributed by atoms with E-state index in [1.165, 1.54) is 30.1 Å². The Bertz CT molecular complexity index is 905. The van der Waals surface area contributed by atoms with Gasteiger partial charge in [0, 0.05) is 28.1 Å². The lowest BCUT2D eigenvalue weighted by Crippen LogP contribution is -2.54. The van der Waals surface area contributed by atoms with Gasteiger partial charge in [0.15, 0.2) is 14.1 Å². The highest BCUT2D eigenvalue weighted by Gasteiger charge is 2.60. The topological polar surface area (TPSA) is 27.7 Å². The Balaban J connectivity index is 1.40. The number of rotatable bonds is 3. The molecule has 0 N–H and O–H groups in total. The van der Waals surface area contributed by atoms with Gasteiger partial charge >= 0.3 is 0 Å². The number of ether oxygens (including phenoxy) is 2. The molecule has 0 aromatic heterocycles. The lowest BCUT2D eigenvalue weighted by molar-refractivity contribution is -0.308. The second-order valence-electron chi connectivity index (χ2n) is 15.0. The fourth-order valence-corrected chi connectivity index (χ4v) is 10.4. The smallest absolute Gasteiger partial charge is 0.192 e. The summed E-state index contributed by atoms with van der Waals surface area (Å²) in [6.45, 7) is 20.7. The number of allylic oxidation sites excluding steroid dienone is 3.